The number of anilines is 2. The van der Waals surface area contributed by atoms with E-state index >= 15 is 0 Å². The minimum Gasteiger partial charge on any atom is -0.396 e. The van der Waals surface area contributed by atoms with Crippen molar-refractivity contribution >= 4 is 45.0 Å². The number of aromatic nitrogens is 1. The number of thioether (sulfide) groups is 1. The highest BCUT2D eigenvalue weighted by Gasteiger charge is 2.06. The summed E-state index contributed by atoms with van der Waals surface area (Å²) >= 11 is 4.89. The second-order valence-corrected chi connectivity index (χ2v) is 6.11. The molecule has 2 rings (SSSR count). The molecule has 4 nitrogen and oxygen atoms in total. The van der Waals surface area contributed by atoms with E-state index < -0.39 is 5.82 Å². The molecule has 1 amide bonds. The molecule has 0 aliphatic rings. The maximum Gasteiger partial charge on any atom is 0.225 e. The van der Waals surface area contributed by atoms with Crippen LogP contribution in [0.4, 0.5) is 15.8 Å². The smallest absolute Gasteiger partial charge is 0.225 e. The number of carbonyl (C=O) groups is 1. The minimum absolute atomic E-state index is 0.0135. The number of amides is 1. The van der Waals surface area contributed by atoms with Gasteiger partial charge in [0.2, 0.25) is 5.91 Å². The molecule has 0 saturated heterocycles. The van der Waals surface area contributed by atoms with Crippen LogP contribution < -0.4 is 11.1 Å². The summed E-state index contributed by atoms with van der Waals surface area (Å²) < 4.78 is 13.9. The van der Waals surface area contributed by atoms with E-state index in [-0.39, 0.29) is 11.6 Å². The number of carbonyl (C=O) groups excluding carboxylic acids is 1. The van der Waals surface area contributed by atoms with Gasteiger partial charge in [0, 0.05) is 28.5 Å². The highest BCUT2D eigenvalue weighted by molar-refractivity contribution is 9.10. The van der Waals surface area contributed by atoms with Crippen molar-refractivity contribution in [3.8, 4) is 0 Å². The summed E-state index contributed by atoms with van der Waals surface area (Å²) in [6.07, 6.45) is 2.03. The van der Waals surface area contributed by atoms with Crippen molar-refractivity contribution in [2.75, 3.05) is 16.8 Å². The van der Waals surface area contributed by atoms with Gasteiger partial charge in [-0.25, -0.2) is 9.37 Å². The molecule has 0 fully saturated rings. The van der Waals surface area contributed by atoms with Gasteiger partial charge >= 0.3 is 0 Å². The summed E-state index contributed by atoms with van der Waals surface area (Å²) in [7, 11) is 0. The maximum atomic E-state index is 13.0. The third-order valence-electron chi connectivity index (χ3n) is 2.57. The number of nitrogens with one attached hydrogen (secondary N) is 1. The van der Waals surface area contributed by atoms with E-state index in [9.17, 15) is 9.18 Å². The van der Waals surface area contributed by atoms with Crippen LogP contribution in [0.5, 0.6) is 0 Å². The van der Waals surface area contributed by atoms with Gasteiger partial charge in [0.15, 0.2) is 0 Å². The molecule has 0 atom stereocenters. The van der Waals surface area contributed by atoms with Crippen LogP contribution >= 0.6 is 27.7 Å². The second kappa shape index (κ2) is 7.42. The maximum absolute atomic E-state index is 13.0. The van der Waals surface area contributed by atoms with Crippen molar-refractivity contribution in [3.05, 3.63) is 46.8 Å². The number of hydrogen-bond acceptors (Lipinski definition) is 4. The molecule has 1 heterocycles. The minimum atomic E-state index is -0.497. The second-order valence-electron chi connectivity index (χ2n) is 4.17. The Hall–Kier alpha value is -1.60. The van der Waals surface area contributed by atoms with Crippen LogP contribution in [0.25, 0.3) is 0 Å². The van der Waals surface area contributed by atoms with Crippen molar-refractivity contribution in [2.45, 2.75) is 11.4 Å². The third kappa shape index (κ3) is 4.71. The van der Waals surface area contributed by atoms with E-state index in [1.165, 1.54) is 30.0 Å². The quantitative estimate of drug-likeness (QED) is 0.622. The predicted octanol–water partition coefficient (Wildman–Crippen LogP) is 3.69. The number of rotatable bonds is 5. The van der Waals surface area contributed by atoms with Crippen LogP contribution in [0.2, 0.25) is 0 Å². The lowest BCUT2D eigenvalue weighted by Crippen LogP contribution is -2.12. The zero-order chi connectivity index (χ0) is 15.2. The van der Waals surface area contributed by atoms with E-state index in [0.29, 0.717) is 17.9 Å². The van der Waals surface area contributed by atoms with Crippen LogP contribution in [0, 0.1) is 5.82 Å². The standard InChI is InChI=1S/C14H13BrFN3OS/c15-10-2-1-6-18-14(10)21-7-5-13(20)19-9-3-4-11(16)12(17)8-9/h1-4,6,8H,5,7,17H2,(H,19,20). The highest BCUT2D eigenvalue weighted by atomic mass is 79.9. The summed E-state index contributed by atoms with van der Waals surface area (Å²) in [5.74, 6) is -0.0536. The Labute approximate surface area is 134 Å². The van der Waals surface area contributed by atoms with Crippen LogP contribution in [-0.2, 0) is 4.79 Å². The third-order valence-corrected chi connectivity index (χ3v) is 4.48. The number of nitrogens with zero attached hydrogens (tertiary/aromatic N) is 1. The van der Waals surface area contributed by atoms with Crippen molar-refractivity contribution < 1.29 is 9.18 Å². The Morgan fingerprint density at radius 1 is 1.43 bits per heavy atom. The fourth-order valence-corrected chi connectivity index (χ4v) is 2.98. The van der Waals surface area contributed by atoms with Crippen LogP contribution in [0.15, 0.2) is 46.0 Å². The Kier molecular flexibility index (Phi) is 5.58. The SMILES string of the molecule is Nc1cc(NC(=O)CCSc2ncccc2Br)ccc1F. The predicted molar refractivity (Wildman–Crippen MR) is 86.7 cm³/mol. The Bertz CT molecular complexity index is 654. The van der Waals surface area contributed by atoms with Gasteiger partial charge in [0.1, 0.15) is 10.8 Å². The summed E-state index contributed by atoms with van der Waals surface area (Å²) in [5, 5.41) is 3.52. The molecule has 2 aromatic rings. The number of hydrogen-bond donors (Lipinski definition) is 2. The molecule has 0 radical (unpaired) electrons. The van der Waals surface area contributed by atoms with Crippen LogP contribution in [-0.4, -0.2) is 16.6 Å². The highest BCUT2D eigenvalue weighted by Crippen LogP contribution is 2.25. The largest absolute Gasteiger partial charge is 0.396 e. The van der Waals surface area contributed by atoms with Gasteiger partial charge in [-0.15, -0.1) is 11.8 Å². The molecule has 21 heavy (non-hydrogen) atoms. The average Bonchev–Trinajstić information content (AvgIpc) is 2.45. The lowest BCUT2D eigenvalue weighted by Gasteiger charge is -2.06. The van der Waals surface area contributed by atoms with E-state index in [1.54, 1.807) is 6.20 Å². The topological polar surface area (TPSA) is 68.0 Å². The van der Waals surface area contributed by atoms with Crippen molar-refractivity contribution in [1.82, 2.24) is 4.98 Å². The van der Waals surface area contributed by atoms with Gasteiger partial charge in [-0.3, -0.25) is 4.79 Å². The summed E-state index contributed by atoms with van der Waals surface area (Å²) in [5.41, 5.74) is 5.95. The Balaban J connectivity index is 1.82. The lowest BCUT2D eigenvalue weighted by molar-refractivity contribution is -0.115. The van der Waals surface area contributed by atoms with Crippen molar-refractivity contribution in [1.29, 1.82) is 0 Å². The van der Waals surface area contributed by atoms with Crippen molar-refractivity contribution in [3.63, 3.8) is 0 Å². The van der Waals surface area contributed by atoms with Crippen molar-refractivity contribution in [2.24, 2.45) is 0 Å². The first-order chi connectivity index (χ1) is 10.1. The first kappa shape index (κ1) is 15.8. The average molecular weight is 370 g/mol. The number of pyridine rings is 1. The molecule has 0 saturated carbocycles. The van der Waals surface area contributed by atoms with Gasteiger partial charge < -0.3 is 11.1 Å². The fourth-order valence-electron chi connectivity index (χ4n) is 1.56. The summed E-state index contributed by atoms with van der Waals surface area (Å²) in [4.78, 5) is 16.0. The molecule has 1 aromatic heterocycles. The zero-order valence-electron chi connectivity index (χ0n) is 11.0. The van der Waals surface area contributed by atoms with Gasteiger partial charge in [-0.2, -0.15) is 0 Å². The number of benzene rings is 1. The van der Waals surface area contributed by atoms with E-state index in [2.05, 4.69) is 26.2 Å². The lowest BCUT2D eigenvalue weighted by atomic mass is 10.2. The van der Waals surface area contributed by atoms with E-state index in [4.69, 9.17) is 5.73 Å². The first-order valence-corrected chi connectivity index (χ1v) is 7.92. The van der Waals surface area contributed by atoms with Crippen LogP contribution in [0.3, 0.4) is 0 Å². The normalized spacial score (nSPS) is 10.4. The van der Waals surface area contributed by atoms with Gasteiger partial charge in [0.25, 0.3) is 0 Å². The molecule has 0 bridgehead atoms. The molecule has 0 aliphatic carbocycles. The fraction of sp³-hybridized carbons (Fsp3) is 0.143. The number of nitrogen functional groups attached to an aromatic ring is 1. The van der Waals surface area contributed by atoms with Gasteiger partial charge in [-0.1, -0.05) is 0 Å². The monoisotopic (exact) mass is 369 g/mol. The van der Waals surface area contributed by atoms with E-state index in [0.717, 1.165) is 9.50 Å². The molecular formula is C14H13BrFN3OS. The molecule has 0 spiro atoms. The first-order valence-electron chi connectivity index (χ1n) is 6.14. The Morgan fingerprint density at radius 2 is 2.24 bits per heavy atom. The van der Waals surface area contributed by atoms with Crippen LogP contribution in [0.1, 0.15) is 6.42 Å². The summed E-state index contributed by atoms with van der Waals surface area (Å²) in [6, 6.07) is 7.84. The number of halogens is 2. The molecule has 1 aromatic carbocycles. The van der Waals surface area contributed by atoms with Gasteiger partial charge in [0.05, 0.1) is 5.69 Å². The Morgan fingerprint density at radius 3 is 2.95 bits per heavy atom. The number of nitrogens with two attached hydrogens (primary N) is 1. The molecule has 0 unspecified atom stereocenters. The molecule has 7 heteroatoms. The zero-order valence-corrected chi connectivity index (χ0v) is 13.4. The molecule has 110 valence electrons. The molecule has 3 N–H and O–H groups in total. The van der Waals surface area contributed by atoms with E-state index in [1.807, 2.05) is 12.1 Å². The summed E-state index contributed by atoms with van der Waals surface area (Å²) in [6.45, 7) is 0. The van der Waals surface area contributed by atoms with Gasteiger partial charge in [-0.05, 0) is 46.3 Å². The molecular weight excluding hydrogens is 357 g/mol. The molecule has 0 aliphatic heterocycles.